The van der Waals surface area contributed by atoms with Crippen LogP contribution in [-0.4, -0.2) is 48.2 Å². The zero-order valence-electron chi connectivity index (χ0n) is 19.0. The molecule has 1 aliphatic heterocycles. The highest BCUT2D eigenvalue weighted by atomic mass is 31.2. The third-order valence-corrected chi connectivity index (χ3v) is 6.49. The van der Waals surface area contributed by atoms with Gasteiger partial charge in [0.2, 0.25) is 5.91 Å². The van der Waals surface area contributed by atoms with Gasteiger partial charge < -0.3 is 23.8 Å². The average Bonchev–Trinajstić information content (AvgIpc) is 2.75. The monoisotopic (exact) mass is 471 g/mol. The molecule has 2 atom stereocenters. The Morgan fingerprint density at radius 2 is 2.12 bits per heavy atom. The fourth-order valence-corrected chi connectivity index (χ4v) is 4.59. The molecule has 1 aromatic heterocycles. The Morgan fingerprint density at radius 1 is 1.38 bits per heavy atom. The first-order valence-corrected chi connectivity index (χ1v) is 12.6. The molecule has 0 bridgehead atoms. The molecule has 1 saturated heterocycles. The van der Waals surface area contributed by atoms with Crippen molar-refractivity contribution >= 4 is 19.3 Å². The Hall–Kier alpha value is -1.84. The van der Waals surface area contributed by atoms with Crippen LogP contribution in [0, 0.1) is 5.92 Å². The lowest BCUT2D eigenvalue weighted by molar-refractivity contribution is -0.167. The van der Waals surface area contributed by atoms with Gasteiger partial charge in [-0.25, -0.2) is 4.79 Å². The van der Waals surface area contributed by atoms with Gasteiger partial charge in [-0.2, -0.15) is 4.98 Å². The second kappa shape index (κ2) is 13.6. The van der Waals surface area contributed by atoms with Crippen LogP contribution in [0.5, 0.6) is 0 Å². The molecular formula is C21H34N3O7P. The van der Waals surface area contributed by atoms with Gasteiger partial charge in [0.15, 0.2) is 6.29 Å². The molecule has 180 valence electrons. The summed E-state index contributed by atoms with van der Waals surface area (Å²) in [6.07, 6.45) is 6.53. The van der Waals surface area contributed by atoms with Crippen molar-refractivity contribution in [3.63, 3.8) is 0 Å². The maximum absolute atomic E-state index is 12.8. The number of nitrogens with zero attached hydrogens (tertiary/aromatic N) is 2. The number of rotatable bonds is 13. The van der Waals surface area contributed by atoms with Crippen LogP contribution in [0.4, 0.5) is 5.82 Å². The van der Waals surface area contributed by atoms with Gasteiger partial charge in [-0.3, -0.25) is 13.9 Å². The number of carbonyl (C=O) groups excluding carboxylic acids is 1. The molecule has 10 nitrogen and oxygen atoms in total. The Balaban J connectivity index is 2.07. The molecule has 1 fully saturated rings. The van der Waals surface area contributed by atoms with Crippen LogP contribution in [0.25, 0.3) is 0 Å². The van der Waals surface area contributed by atoms with Gasteiger partial charge in [0.1, 0.15) is 5.82 Å². The third kappa shape index (κ3) is 9.34. The zero-order chi connectivity index (χ0) is 23.4. The predicted octanol–water partition coefficient (Wildman–Crippen LogP) is 3.53. The highest BCUT2D eigenvalue weighted by Gasteiger charge is 2.21. The number of anilines is 1. The van der Waals surface area contributed by atoms with Gasteiger partial charge in [-0.05, 0) is 45.6 Å². The molecule has 0 spiro atoms. The minimum Gasteiger partial charge on any atom is -0.353 e. The van der Waals surface area contributed by atoms with Crippen LogP contribution in [0.15, 0.2) is 29.0 Å². The number of hydrogen-bond acceptors (Lipinski definition) is 8. The fourth-order valence-electron chi connectivity index (χ4n) is 3.17. The number of aryl methyl sites for hydroxylation is 1. The summed E-state index contributed by atoms with van der Waals surface area (Å²) in [5, 5.41) is 2.49. The number of amides is 1. The van der Waals surface area contributed by atoms with Crippen molar-refractivity contribution in [1.82, 2.24) is 9.55 Å². The van der Waals surface area contributed by atoms with E-state index in [2.05, 4.69) is 10.3 Å². The highest BCUT2D eigenvalue weighted by Crippen LogP contribution is 2.49. The summed E-state index contributed by atoms with van der Waals surface area (Å²) in [5.74, 6) is 1.23. The van der Waals surface area contributed by atoms with E-state index in [0.717, 1.165) is 19.3 Å². The Kier molecular flexibility index (Phi) is 11.3. The number of nitrogens with one attached hydrogen (secondary N) is 1. The van der Waals surface area contributed by atoms with E-state index in [1.807, 2.05) is 0 Å². The van der Waals surface area contributed by atoms with Crippen LogP contribution in [-0.2, 0) is 34.4 Å². The smallest absolute Gasteiger partial charge is 0.353 e. The largest absolute Gasteiger partial charge is 0.353 e. The van der Waals surface area contributed by atoms with Crippen LogP contribution in [0.3, 0.4) is 0 Å². The Morgan fingerprint density at radius 3 is 2.72 bits per heavy atom. The van der Waals surface area contributed by atoms with Crippen molar-refractivity contribution in [3.8, 4) is 0 Å². The molecule has 2 heterocycles. The molecule has 0 aromatic carbocycles. The molecule has 32 heavy (non-hydrogen) atoms. The van der Waals surface area contributed by atoms with Gasteiger partial charge >= 0.3 is 13.3 Å². The zero-order valence-corrected chi connectivity index (χ0v) is 19.9. The standard InChI is InChI=1S/C21H34N3O7P/c1-4-30-32(27,31-5-2)15-11-18(16-29-20-8-6-7-14-28-20)9-12-24-13-10-19(22-17(3)25)23-21(24)26/h10-11,13,15,18,20H,4-9,12,14,16H2,1-3H3,(H,22,23,25,26)/b15-11+/t18-,20+/m0/s1. The maximum atomic E-state index is 12.8. The minimum atomic E-state index is -3.34. The first-order valence-electron chi connectivity index (χ1n) is 11.0. The van der Waals surface area contributed by atoms with Gasteiger partial charge in [0.25, 0.3) is 0 Å². The maximum Gasteiger partial charge on any atom is 0.353 e. The average molecular weight is 471 g/mol. The van der Waals surface area contributed by atoms with Crippen LogP contribution < -0.4 is 11.0 Å². The van der Waals surface area contributed by atoms with Crippen molar-refractivity contribution in [3.05, 3.63) is 34.6 Å². The molecule has 0 aliphatic carbocycles. The molecular weight excluding hydrogens is 437 g/mol. The summed E-state index contributed by atoms with van der Waals surface area (Å²) in [7, 11) is -3.34. The van der Waals surface area contributed by atoms with Crippen molar-refractivity contribution in [2.45, 2.75) is 59.3 Å². The molecule has 2 rings (SSSR count). The SMILES string of the molecule is CCOP(=O)(/C=C/[C@H](CCn1ccc(NC(C)=O)nc1=O)CO[C@@H]1CCCCO1)OCC. The fraction of sp³-hybridized carbons (Fsp3) is 0.667. The molecule has 1 N–H and O–H groups in total. The topological polar surface area (TPSA) is 118 Å². The lowest BCUT2D eigenvalue weighted by Gasteiger charge is -2.25. The number of aromatic nitrogens is 2. The lowest BCUT2D eigenvalue weighted by Crippen LogP contribution is -2.27. The molecule has 0 unspecified atom stereocenters. The van der Waals surface area contributed by atoms with Gasteiger partial charge in [0.05, 0.1) is 19.8 Å². The normalized spacial score (nSPS) is 18.0. The molecule has 0 saturated carbocycles. The van der Waals surface area contributed by atoms with Gasteiger partial charge in [-0.1, -0.05) is 6.08 Å². The summed E-state index contributed by atoms with van der Waals surface area (Å²) in [5.41, 5.74) is -0.468. The predicted molar refractivity (Wildman–Crippen MR) is 120 cm³/mol. The van der Waals surface area contributed by atoms with Crippen LogP contribution in [0.1, 0.15) is 46.5 Å². The van der Waals surface area contributed by atoms with Crippen molar-refractivity contribution in [1.29, 1.82) is 0 Å². The Labute approximate surface area is 188 Å². The van der Waals surface area contributed by atoms with Crippen LogP contribution >= 0.6 is 7.60 Å². The van der Waals surface area contributed by atoms with E-state index in [4.69, 9.17) is 18.5 Å². The first kappa shape index (κ1) is 26.4. The van der Waals surface area contributed by atoms with E-state index in [-0.39, 0.29) is 37.1 Å². The summed E-state index contributed by atoms with van der Waals surface area (Å²) >= 11 is 0. The van der Waals surface area contributed by atoms with E-state index in [0.29, 0.717) is 26.2 Å². The van der Waals surface area contributed by atoms with Crippen molar-refractivity contribution in [2.24, 2.45) is 5.92 Å². The third-order valence-electron chi connectivity index (χ3n) is 4.71. The quantitative estimate of drug-likeness (QED) is 0.434. The molecule has 1 aliphatic rings. The molecule has 0 radical (unpaired) electrons. The van der Waals surface area contributed by atoms with Gasteiger partial charge in [0, 0.05) is 38.0 Å². The highest BCUT2D eigenvalue weighted by molar-refractivity contribution is 7.57. The van der Waals surface area contributed by atoms with E-state index < -0.39 is 13.3 Å². The van der Waals surface area contributed by atoms with E-state index in [9.17, 15) is 14.2 Å². The first-order chi connectivity index (χ1) is 15.3. The van der Waals surface area contributed by atoms with Gasteiger partial charge in [-0.15, -0.1) is 0 Å². The molecule has 1 aromatic rings. The number of carbonyl (C=O) groups is 1. The lowest BCUT2D eigenvalue weighted by atomic mass is 10.1. The van der Waals surface area contributed by atoms with E-state index >= 15 is 0 Å². The summed E-state index contributed by atoms with van der Waals surface area (Å²) in [6, 6.07) is 1.57. The minimum absolute atomic E-state index is 0.156. The summed E-state index contributed by atoms with van der Waals surface area (Å²) < 4.78 is 36.4. The Bertz CT molecular complexity index is 842. The van der Waals surface area contributed by atoms with Crippen molar-refractivity contribution < 1.29 is 27.9 Å². The van der Waals surface area contributed by atoms with Crippen molar-refractivity contribution in [2.75, 3.05) is 31.7 Å². The summed E-state index contributed by atoms with van der Waals surface area (Å²) in [6.45, 7) is 6.77. The number of hydrogen-bond donors (Lipinski definition) is 1. The van der Waals surface area contributed by atoms with Crippen LogP contribution in [0.2, 0.25) is 0 Å². The van der Waals surface area contributed by atoms with E-state index in [1.165, 1.54) is 17.3 Å². The number of ether oxygens (including phenoxy) is 2. The molecule has 1 amide bonds. The second-order valence-corrected chi connectivity index (χ2v) is 9.26. The second-order valence-electron chi connectivity index (χ2n) is 7.37. The summed E-state index contributed by atoms with van der Waals surface area (Å²) in [4.78, 5) is 27.3. The van der Waals surface area contributed by atoms with E-state index in [1.54, 1.807) is 32.2 Å². The molecule has 11 heteroatoms.